The minimum Gasteiger partial charge on any atom is -0.0839 e. The van der Waals surface area contributed by atoms with Crippen LogP contribution in [0.2, 0.25) is 0 Å². The summed E-state index contributed by atoms with van der Waals surface area (Å²) in [6, 6.07) is 0. The van der Waals surface area contributed by atoms with Gasteiger partial charge in [-0.05, 0) is 19.3 Å². The smallest absolute Gasteiger partial charge is 0.00787 e. The van der Waals surface area contributed by atoms with E-state index in [0.717, 1.165) is 6.42 Å². The Kier molecular flexibility index (Phi) is 2.49. The van der Waals surface area contributed by atoms with Crippen LogP contribution < -0.4 is 0 Å². The van der Waals surface area contributed by atoms with E-state index in [-0.39, 0.29) is 0 Å². The molecule has 1 aliphatic rings. The summed E-state index contributed by atoms with van der Waals surface area (Å²) < 4.78 is 0. The van der Waals surface area contributed by atoms with Crippen molar-refractivity contribution in [3.63, 3.8) is 0 Å². The highest BCUT2D eigenvalue weighted by atomic mass is 14.0. The summed E-state index contributed by atoms with van der Waals surface area (Å²) in [6.45, 7) is 4.35. The molecule has 0 N–H and O–H groups in total. The van der Waals surface area contributed by atoms with Crippen LogP contribution in [0.25, 0.3) is 0 Å². The summed E-state index contributed by atoms with van der Waals surface area (Å²) >= 11 is 0. The lowest BCUT2D eigenvalue weighted by Gasteiger charge is -2.01. The summed E-state index contributed by atoms with van der Waals surface area (Å²) in [5.41, 5.74) is 1.43. The van der Waals surface area contributed by atoms with Gasteiger partial charge in [-0.1, -0.05) is 42.9 Å². The molecule has 0 spiro atoms. The molecule has 1 unspecified atom stereocenters. The Bertz CT molecular complexity index is 182. The highest BCUT2D eigenvalue weighted by Crippen LogP contribution is 2.09. The molecule has 10 heavy (non-hydrogen) atoms. The van der Waals surface area contributed by atoms with Crippen LogP contribution in [0, 0.1) is 5.92 Å². The number of hydrogen-bond donors (Lipinski definition) is 0. The molecule has 0 nitrogen and oxygen atoms in total. The van der Waals surface area contributed by atoms with Crippen LogP contribution in [0.4, 0.5) is 0 Å². The maximum Gasteiger partial charge on any atom is -0.00787 e. The molecule has 0 amide bonds. The second-order valence-electron chi connectivity index (χ2n) is 2.89. The highest BCUT2D eigenvalue weighted by molar-refractivity contribution is 5.18. The van der Waals surface area contributed by atoms with Crippen molar-refractivity contribution >= 4 is 0 Å². The van der Waals surface area contributed by atoms with E-state index in [2.05, 4.69) is 44.2 Å². The van der Waals surface area contributed by atoms with Crippen molar-refractivity contribution in [3.8, 4) is 0 Å². The Labute approximate surface area is 62.9 Å². The number of allylic oxidation sites excluding steroid dienone is 6. The normalized spacial score (nSPS) is 33.8. The van der Waals surface area contributed by atoms with Gasteiger partial charge in [0.2, 0.25) is 0 Å². The second-order valence-corrected chi connectivity index (χ2v) is 2.89. The van der Waals surface area contributed by atoms with E-state index in [1.807, 2.05) is 0 Å². The molecule has 0 heteroatoms. The molecule has 0 aromatic carbocycles. The van der Waals surface area contributed by atoms with Gasteiger partial charge in [-0.2, -0.15) is 0 Å². The molecule has 0 radical (unpaired) electrons. The van der Waals surface area contributed by atoms with E-state index >= 15 is 0 Å². The van der Waals surface area contributed by atoms with Gasteiger partial charge in [0.15, 0.2) is 0 Å². The fourth-order valence-corrected chi connectivity index (χ4v) is 0.996. The third kappa shape index (κ3) is 2.22. The summed E-state index contributed by atoms with van der Waals surface area (Å²) in [4.78, 5) is 0. The Morgan fingerprint density at radius 2 is 2.20 bits per heavy atom. The molecule has 54 valence electrons. The minimum absolute atomic E-state index is 0.601. The highest BCUT2D eigenvalue weighted by Gasteiger charge is 1.91. The Morgan fingerprint density at radius 1 is 1.40 bits per heavy atom. The zero-order chi connectivity index (χ0) is 7.40. The van der Waals surface area contributed by atoms with Crippen molar-refractivity contribution in [1.82, 2.24) is 0 Å². The van der Waals surface area contributed by atoms with Crippen molar-refractivity contribution in [2.75, 3.05) is 0 Å². The third-order valence-corrected chi connectivity index (χ3v) is 1.67. The van der Waals surface area contributed by atoms with Crippen molar-refractivity contribution in [2.45, 2.75) is 20.3 Å². The van der Waals surface area contributed by atoms with Crippen molar-refractivity contribution in [1.29, 1.82) is 0 Å². The van der Waals surface area contributed by atoms with Crippen LogP contribution in [0.15, 0.2) is 36.0 Å². The molecule has 0 saturated carbocycles. The van der Waals surface area contributed by atoms with E-state index in [9.17, 15) is 0 Å². The molecule has 0 heterocycles. The Balaban J connectivity index is 2.70. The topological polar surface area (TPSA) is 0 Å². The standard InChI is InChI=1S/C10H14/c1-9-5-3-7-10(2)8-4-6-9/h3-7,9H,8H2,1-2H3/b5-3?,6-4-,10-7-. The molecular weight excluding hydrogens is 120 g/mol. The summed E-state index contributed by atoms with van der Waals surface area (Å²) in [5, 5.41) is 0. The average Bonchev–Trinajstić information content (AvgIpc) is 1.84. The summed E-state index contributed by atoms with van der Waals surface area (Å²) in [5.74, 6) is 0.601. The summed E-state index contributed by atoms with van der Waals surface area (Å²) in [7, 11) is 0. The van der Waals surface area contributed by atoms with Gasteiger partial charge in [0.05, 0.1) is 0 Å². The monoisotopic (exact) mass is 134 g/mol. The van der Waals surface area contributed by atoms with Crippen molar-refractivity contribution in [2.24, 2.45) is 5.92 Å². The van der Waals surface area contributed by atoms with Gasteiger partial charge in [-0.25, -0.2) is 0 Å². The zero-order valence-electron chi connectivity index (χ0n) is 6.67. The lowest BCUT2D eigenvalue weighted by molar-refractivity contribution is 0.926. The molecule has 1 aliphatic carbocycles. The van der Waals surface area contributed by atoms with Crippen LogP contribution >= 0.6 is 0 Å². The number of hydrogen-bond acceptors (Lipinski definition) is 0. The van der Waals surface area contributed by atoms with E-state index in [0.29, 0.717) is 5.92 Å². The predicted octanol–water partition coefficient (Wildman–Crippen LogP) is 3.08. The zero-order valence-corrected chi connectivity index (χ0v) is 6.67. The largest absolute Gasteiger partial charge is 0.0839 e. The maximum atomic E-state index is 2.24. The first kappa shape index (κ1) is 7.33. The molecule has 1 atom stereocenters. The first-order valence-electron chi connectivity index (χ1n) is 3.79. The van der Waals surface area contributed by atoms with Gasteiger partial charge in [0.1, 0.15) is 0 Å². The molecule has 0 bridgehead atoms. The molecular formula is C10H14. The lowest BCUT2D eigenvalue weighted by atomic mass is 10.1. The quantitative estimate of drug-likeness (QED) is 0.446. The van der Waals surface area contributed by atoms with Crippen LogP contribution in [-0.4, -0.2) is 0 Å². The Morgan fingerprint density at radius 3 is 3.00 bits per heavy atom. The van der Waals surface area contributed by atoms with Crippen molar-refractivity contribution in [3.05, 3.63) is 36.0 Å². The van der Waals surface area contributed by atoms with Gasteiger partial charge < -0.3 is 0 Å². The second kappa shape index (κ2) is 3.40. The third-order valence-electron chi connectivity index (χ3n) is 1.67. The van der Waals surface area contributed by atoms with E-state index in [4.69, 9.17) is 0 Å². The van der Waals surface area contributed by atoms with Gasteiger partial charge in [-0.3, -0.25) is 0 Å². The van der Waals surface area contributed by atoms with Gasteiger partial charge >= 0.3 is 0 Å². The lowest BCUT2D eigenvalue weighted by Crippen LogP contribution is -1.84. The van der Waals surface area contributed by atoms with Crippen molar-refractivity contribution < 1.29 is 0 Å². The van der Waals surface area contributed by atoms with Crippen LogP contribution in [0.1, 0.15) is 20.3 Å². The van der Waals surface area contributed by atoms with E-state index in [1.165, 1.54) is 5.57 Å². The van der Waals surface area contributed by atoms with Gasteiger partial charge in [-0.15, -0.1) is 0 Å². The molecule has 0 fully saturated rings. The average molecular weight is 134 g/mol. The SMILES string of the molecule is C/C1=C/C=CC(C)/C=C\C1. The Hall–Kier alpha value is -0.780. The maximum absolute atomic E-state index is 2.24. The molecule has 0 aliphatic heterocycles. The van der Waals surface area contributed by atoms with E-state index < -0.39 is 0 Å². The molecule has 0 aromatic rings. The van der Waals surface area contributed by atoms with Gasteiger partial charge in [0.25, 0.3) is 0 Å². The van der Waals surface area contributed by atoms with Crippen LogP contribution in [0.3, 0.4) is 0 Å². The van der Waals surface area contributed by atoms with Crippen LogP contribution in [-0.2, 0) is 0 Å². The first-order valence-corrected chi connectivity index (χ1v) is 3.79. The van der Waals surface area contributed by atoms with Gasteiger partial charge in [0, 0.05) is 0 Å². The molecule has 0 aromatic heterocycles. The van der Waals surface area contributed by atoms with Crippen LogP contribution in [0.5, 0.6) is 0 Å². The molecule has 0 saturated heterocycles. The first-order chi connectivity index (χ1) is 4.79. The predicted molar refractivity (Wildman–Crippen MR) is 45.8 cm³/mol. The molecule has 1 rings (SSSR count). The number of rotatable bonds is 0. The fraction of sp³-hybridized carbons (Fsp3) is 0.400. The minimum atomic E-state index is 0.601. The summed E-state index contributed by atoms with van der Waals surface area (Å²) in [6.07, 6.45) is 12.1. The van der Waals surface area contributed by atoms with E-state index in [1.54, 1.807) is 0 Å². The fourth-order valence-electron chi connectivity index (χ4n) is 0.996.